The standard InChI is InChI=1S/C17H23N3O2S/c1-4-22-13-8-5-9-14-15(13)18-17(23-14)20-10-6-7-12(11-20)16(21)19(2)3/h5,8-9,12H,4,6-7,10-11H2,1-3H3. The summed E-state index contributed by atoms with van der Waals surface area (Å²) in [5.74, 6) is 1.12. The third-order valence-electron chi connectivity index (χ3n) is 4.15. The highest BCUT2D eigenvalue weighted by Crippen LogP contribution is 2.35. The van der Waals surface area contributed by atoms with Crippen molar-refractivity contribution >= 4 is 32.6 Å². The maximum absolute atomic E-state index is 12.2. The molecule has 1 aromatic carbocycles. The molecule has 1 aliphatic heterocycles. The molecule has 2 aromatic rings. The van der Waals surface area contributed by atoms with Crippen molar-refractivity contribution in [1.82, 2.24) is 9.88 Å². The number of hydrogen-bond donors (Lipinski definition) is 0. The predicted octanol–water partition coefficient (Wildman–Crippen LogP) is 3.00. The van der Waals surface area contributed by atoms with E-state index in [1.807, 2.05) is 33.2 Å². The SMILES string of the molecule is CCOc1cccc2sc(N3CCCC(C(=O)N(C)C)C3)nc12. The molecule has 5 nitrogen and oxygen atoms in total. The number of amides is 1. The molecule has 1 aliphatic rings. The second-order valence-corrected chi connectivity index (χ2v) is 7.06. The Kier molecular flexibility index (Phi) is 4.71. The maximum Gasteiger partial charge on any atom is 0.226 e. The summed E-state index contributed by atoms with van der Waals surface area (Å²) in [4.78, 5) is 21.0. The van der Waals surface area contributed by atoms with Gasteiger partial charge in [-0.25, -0.2) is 4.98 Å². The minimum Gasteiger partial charge on any atom is -0.492 e. The van der Waals surface area contributed by atoms with E-state index in [-0.39, 0.29) is 11.8 Å². The largest absolute Gasteiger partial charge is 0.492 e. The van der Waals surface area contributed by atoms with E-state index in [9.17, 15) is 4.79 Å². The third kappa shape index (κ3) is 3.27. The van der Waals surface area contributed by atoms with E-state index < -0.39 is 0 Å². The van der Waals surface area contributed by atoms with E-state index in [1.165, 1.54) is 0 Å². The van der Waals surface area contributed by atoms with Gasteiger partial charge in [-0.05, 0) is 31.9 Å². The van der Waals surface area contributed by atoms with E-state index in [2.05, 4.69) is 11.0 Å². The van der Waals surface area contributed by atoms with Crippen LogP contribution >= 0.6 is 11.3 Å². The molecule has 3 rings (SSSR count). The second-order valence-electron chi connectivity index (χ2n) is 6.05. The zero-order chi connectivity index (χ0) is 16.4. The smallest absolute Gasteiger partial charge is 0.226 e. The van der Waals surface area contributed by atoms with Crippen LogP contribution in [-0.4, -0.2) is 49.6 Å². The van der Waals surface area contributed by atoms with E-state index in [4.69, 9.17) is 9.72 Å². The minimum atomic E-state index is 0.0668. The van der Waals surface area contributed by atoms with E-state index in [0.717, 1.165) is 47.0 Å². The molecule has 0 N–H and O–H groups in total. The van der Waals surface area contributed by atoms with Gasteiger partial charge in [0.1, 0.15) is 11.3 Å². The quantitative estimate of drug-likeness (QED) is 0.863. The van der Waals surface area contributed by atoms with Gasteiger partial charge in [0.2, 0.25) is 5.91 Å². The van der Waals surface area contributed by atoms with Gasteiger partial charge in [0.05, 0.1) is 17.2 Å². The second kappa shape index (κ2) is 6.74. The van der Waals surface area contributed by atoms with Crippen molar-refractivity contribution in [2.75, 3.05) is 38.7 Å². The number of piperidine rings is 1. The van der Waals surface area contributed by atoms with Gasteiger partial charge in [-0.1, -0.05) is 17.4 Å². The van der Waals surface area contributed by atoms with Gasteiger partial charge in [0.15, 0.2) is 5.13 Å². The highest BCUT2D eigenvalue weighted by molar-refractivity contribution is 7.22. The Bertz CT molecular complexity index is 698. The average molecular weight is 333 g/mol. The molecule has 23 heavy (non-hydrogen) atoms. The molecule has 0 bridgehead atoms. The molecule has 1 unspecified atom stereocenters. The van der Waals surface area contributed by atoms with Gasteiger partial charge in [0, 0.05) is 27.2 Å². The number of anilines is 1. The van der Waals surface area contributed by atoms with Crippen LogP contribution in [0.4, 0.5) is 5.13 Å². The molecule has 2 heterocycles. The number of thiazole rings is 1. The molecule has 1 amide bonds. The molecular weight excluding hydrogens is 310 g/mol. The van der Waals surface area contributed by atoms with Gasteiger partial charge < -0.3 is 14.5 Å². The van der Waals surface area contributed by atoms with Crippen LogP contribution in [0.5, 0.6) is 5.75 Å². The molecule has 1 fully saturated rings. The summed E-state index contributed by atoms with van der Waals surface area (Å²) < 4.78 is 6.81. The summed E-state index contributed by atoms with van der Waals surface area (Å²) >= 11 is 1.68. The van der Waals surface area contributed by atoms with Gasteiger partial charge in [-0.15, -0.1) is 0 Å². The number of para-hydroxylation sites is 1. The Morgan fingerprint density at radius 2 is 2.30 bits per heavy atom. The summed E-state index contributed by atoms with van der Waals surface area (Å²) in [7, 11) is 3.65. The van der Waals surface area contributed by atoms with Crippen molar-refractivity contribution in [3.63, 3.8) is 0 Å². The summed E-state index contributed by atoms with van der Waals surface area (Å²) in [6.45, 7) is 4.32. The van der Waals surface area contributed by atoms with Crippen LogP contribution in [0.15, 0.2) is 18.2 Å². The number of carbonyl (C=O) groups excluding carboxylic acids is 1. The third-order valence-corrected chi connectivity index (χ3v) is 5.23. The van der Waals surface area contributed by atoms with Crippen LogP contribution in [0.25, 0.3) is 10.2 Å². The summed E-state index contributed by atoms with van der Waals surface area (Å²) in [6, 6.07) is 6.04. The van der Waals surface area contributed by atoms with Crippen molar-refractivity contribution in [1.29, 1.82) is 0 Å². The number of rotatable bonds is 4. The molecule has 0 radical (unpaired) electrons. The summed E-state index contributed by atoms with van der Waals surface area (Å²) in [5.41, 5.74) is 0.926. The predicted molar refractivity (Wildman–Crippen MR) is 94.4 cm³/mol. The monoisotopic (exact) mass is 333 g/mol. The topological polar surface area (TPSA) is 45.7 Å². The Labute approximate surface area is 140 Å². The highest BCUT2D eigenvalue weighted by atomic mass is 32.1. The normalized spacial score (nSPS) is 18.2. The molecule has 0 spiro atoms. The molecular formula is C17H23N3O2S. The fourth-order valence-electron chi connectivity index (χ4n) is 3.04. The van der Waals surface area contributed by atoms with Crippen molar-refractivity contribution in [2.45, 2.75) is 19.8 Å². The fourth-order valence-corrected chi connectivity index (χ4v) is 4.05. The van der Waals surface area contributed by atoms with Crippen LogP contribution in [0.3, 0.4) is 0 Å². The number of hydrogen-bond acceptors (Lipinski definition) is 5. The molecule has 1 aromatic heterocycles. The lowest BCUT2D eigenvalue weighted by atomic mass is 9.97. The van der Waals surface area contributed by atoms with Crippen LogP contribution in [0.1, 0.15) is 19.8 Å². The molecule has 0 saturated carbocycles. The lowest BCUT2D eigenvalue weighted by Crippen LogP contribution is -2.42. The number of ether oxygens (including phenoxy) is 1. The Balaban J connectivity index is 1.85. The summed E-state index contributed by atoms with van der Waals surface area (Å²) in [5, 5.41) is 0.989. The first kappa shape index (κ1) is 16.1. The van der Waals surface area contributed by atoms with Crippen molar-refractivity contribution < 1.29 is 9.53 Å². The van der Waals surface area contributed by atoms with Crippen molar-refractivity contribution in [3.8, 4) is 5.75 Å². The highest BCUT2D eigenvalue weighted by Gasteiger charge is 2.28. The summed E-state index contributed by atoms with van der Waals surface area (Å²) in [6.07, 6.45) is 1.99. The zero-order valence-corrected chi connectivity index (χ0v) is 14.7. The van der Waals surface area contributed by atoms with Crippen LogP contribution in [-0.2, 0) is 4.79 Å². The molecule has 6 heteroatoms. The maximum atomic E-state index is 12.2. The van der Waals surface area contributed by atoms with E-state index in [0.29, 0.717) is 6.61 Å². The number of benzene rings is 1. The zero-order valence-electron chi connectivity index (χ0n) is 13.9. The first-order valence-corrected chi connectivity index (χ1v) is 8.90. The fraction of sp³-hybridized carbons (Fsp3) is 0.529. The van der Waals surface area contributed by atoms with Crippen molar-refractivity contribution in [3.05, 3.63) is 18.2 Å². The van der Waals surface area contributed by atoms with Gasteiger partial charge >= 0.3 is 0 Å². The van der Waals surface area contributed by atoms with Gasteiger partial charge in [-0.2, -0.15) is 0 Å². The minimum absolute atomic E-state index is 0.0668. The first-order chi connectivity index (χ1) is 11.1. The molecule has 0 aliphatic carbocycles. The number of aromatic nitrogens is 1. The molecule has 1 atom stereocenters. The van der Waals surface area contributed by atoms with E-state index >= 15 is 0 Å². The number of fused-ring (bicyclic) bond motifs is 1. The molecule has 1 saturated heterocycles. The van der Waals surface area contributed by atoms with Crippen molar-refractivity contribution in [2.24, 2.45) is 5.92 Å². The van der Waals surface area contributed by atoms with Gasteiger partial charge in [0.25, 0.3) is 0 Å². The lowest BCUT2D eigenvalue weighted by molar-refractivity contribution is -0.133. The molecule has 124 valence electrons. The Morgan fingerprint density at radius 3 is 3.04 bits per heavy atom. The Hall–Kier alpha value is -1.82. The lowest BCUT2D eigenvalue weighted by Gasteiger charge is -2.32. The van der Waals surface area contributed by atoms with Crippen LogP contribution in [0.2, 0.25) is 0 Å². The number of carbonyl (C=O) groups is 1. The van der Waals surface area contributed by atoms with Gasteiger partial charge in [-0.3, -0.25) is 4.79 Å². The van der Waals surface area contributed by atoms with Crippen LogP contribution < -0.4 is 9.64 Å². The number of nitrogens with zero attached hydrogens (tertiary/aromatic N) is 3. The Morgan fingerprint density at radius 1 is 1.48 bits per heavy atom. The van der Waals surface area contributed by atoms with E-state index in [1.54, 1.807) is 16.2 Å². The first-order valence-electron chi connectivity index (χ1n) is 8.08. The average Bonchev–Trinajstić information content (AvgIpc) is 3.00. The van der Waals surface area contributed by atoms with Crippen LogP contribution in [0, 0.1) is 5.92 Å².